The Morgan fingerprint density at radius 1 is 1.30 bits per heavy atom. The third-order valence-corrected chi connectivity index (χ3v) is 2.94. The third-order valence-electron chi connectivity index (χ3n) is 2.94. The van der Waals surface area contributed by atoms with E-state index in [9.17, 15) is 4.39 Å². The third kappa shape index (κ3) is 3.26. The summed E-state index contributed by atoms with van der Waals surface area (Å²) in [6, 6.07) is 12.1. The van der Waals surface area contributed by atoms with Crippen LogP contribution in [-0.2, 0) is 6.54 Å². The molecule has 0 aromatic heterocycles. The molecule has 0 saturated carbocycles. The smallest absolute Gasteiger partial charge is 0.170 e. The van der Waals surface area contributed by atoms with Crippen LogP contribution in [0.5, 0.6) is 0 Å². The van der Waals surface area contributed by atoms with Crippen molar-refractivity contribution in [1.29, 1.82) is 0 Å². The highest BCUT2D eigenvalue weighted by Gasteiger charge is 2.03. The van der Waals surface area contributed by atoms with Crippen molar-refractivity contribution in [2.24, 2.45) is 10.9 Å². The highest BCUT2D eigenvalue weighted by molar-refractivity contribution is 5.97. The van der Waals surface area contributed by atoms with Gasteiger partial charge in [0.1, 0.15) is 5.82 Å². The van der Waals surface area contributed by atoms with Gasteiger partial charge in [0.05, 0.1) is 5.69 Å². The van der Waals surface area contributed by atoms with E-state index in [0.29, 0.717) is 17.8 Å². The first-order chi connectivity index (χ1) is 9.60. The summed E-state index contributed by atoms with van der Waals surface area (Å²) in [5.41, 5.74) is 8.51. The molecule has 0 amide bonds. The number of nitrogens with one attached hydrogen (secondary N) is 1. The molecule has 0 heterocycles. The van der Waals surface area contributed by atoms with Crippen LogP contribution in [0.25, 0.3) is 0 Å². The molecule has 104 valence electrons. The van der Waals surface area contributed by atoms with E-state index in [-0.39, 0.29) is 11.7 Å². The summed E-state index contributed by atoms with van der Waals surface area (Å²) in [5, 5.41) is 14.6. The van der Waals surface area contributed by atoms with Crippen LogP contribution < -0.4 is 11.1 Å². The predicted octanol–water partition coefficient (Wildman–Crippen LogP) is 2.84. The number of aryl methyl sites for hydroxylation is 1. The zero-order chi connectivity index (χ0) is 14.5. The molecule has 0 aliphatic heterocycles. The number of nitrogens with two attached hydrogens (primary N) is 1. The molecule has 5 heteroatoms. The number of rotatable bonds is 4. The van der Waals surface area contributed by atoms with Gasteiger partial charge in [0.15, 0.2) is 5.84 Å². The molecule has 2 aromatic carbocycles. The summed E-state index contributed by atoms with van der Waals surface area (Å²) in [7, 11) is 0. The maximum atomic E-state index is 13.6. The molecule has 0 spiro atoms. The standard InChI is InChI=1S/C15H16FN3O/c1-10-5-6-13(16)14(7-10)18-9-11-3-2-4-12(8-11)15(17)19-20/h2-8,18,20H,9H2,1H3,(H2,17,19). The van der Waals surface area contributed by atoms with Gasteiger partial charge in [-0.05, 0) is 36.2 Å². The molecule has 0 bridgehead atoms. The first kappa shape index (κ1) is 13.9. The Kier molecular flexibility index (Phi) is 4.20. The van der Waals surface area contributed by atoms with Gasteiger partial charge in [-0.2, -0.15) is 0 Å². The Balaban J connectivity index is 2.13. The van der Waals surface area contributed by atoms with Gasteiger partial charge in [0.25, 0.3) is 0 Å². The van der Waals surface area contributed by atoms with Crippen LogP contribution in [0.15, 0.2) is 47.6 Å². The van der Waals surface area contributed by atoms with Crippen LogP contribution in [0, 0.1) is 12.7 Å². The Labute approximate surface area is 116 Å². The summed E-state index contributed by atoms with van der Waals surface area (Å²) >= 11 is 0. The maximum Gasteiger partial charge on any atom is 0.170 e. The van der Waals surface area contributed by atoms with Gasteiger partial charge in [-0.15, -0.1) is 0 Å². The monoisotopic (exact) mass is 273 g/mol. The molecule has 2 rings (SSSR count). The van der Waals surface area contributed by atoms with Gasteiger partial charge >= 0.3 is 0 Å². The molecule has 0 unspecified atom stereocenters. The summed E-state index contributed by atoms with van der Waals surface area (Å²) in [6.45, 7) is 2.36. The van der Waals surface area contributed by atoms with Crippen LogP contribution in [0.4, 0.5) is 10.1 Å². The molecule has 0 radical (unpaired) electrons. The number of halogens is 1. The second-order valence-electron chi connectivity index (χ2n) is 4.52. The second kappa shape index (κ2) is 6.06. The molecular formula is C15H16FN3O. The Morgan fingerprint density at radius 2 is 2.10 bits per heavy atom. The lowest BCUT2D eigenvalue weighted by Crippen LogP contribution is -2.13. The van der Waals surface area contributed by atoms with Crippen molar-refractivity contribution in [3.8, 4) is 0 Å². The second-order valence-corrected chi connectivity index (χ2v) is 4.52. The van der Waals surface area contributed by atoms with Crippen molar-refractivity contribution in [2.75, 3.05) is 5.32 Å². The number of amidine groups is 1. The largest absolute Gasteiger partial charge is 0.409 e. The molecule has 20 heavy (non-hydrogen) atoms. The lowest BCUT2D eigenvalue weighted by molar-refractivity contribution is 0.318. The minimum Gasteiger partial charge on any atom is -0.409 e. The van der Waals surface area contributed by atoms with Gasteiger partial charge < -0.3 is 16.3 Å². The first-order valence-corrected chi connectivity index (χ1v) is 6.17. The Bertz CT molecular complexity index is 641. The fourth-order valence-electron chi connectivity index (χ4n) is 1.87. The molecule has 0 aliphatic carbocycles. The van der Waals surface area contributed by atoms with E-state index in [1.165, 1.54) is 6.07 Å². The number of hydrogen-bond donors (Lipinski definition) is 3. The van der Waals surface area contributed by atoms with Gasteiger partial charge in [0, 0.05) is 12.1 Å². The first-order valence-electron chi connectivity index (χ1n) is 6.17. The fraction of sp³-hybridized carbons (Fsp3) is 0.133. The molecule has 0 fully saturated rings. The van der Waals surface area contributed by atoms with E-state index >= 15 is 0 Å². The van der Waals surface area contributed by atoms with Crippen LogP contribution >= 0.6 is 0 Å². The summed E-state index contributed by atoms with van der Waals surface area (Å²) < 4.78 is 13.6. The average Bonchev–Trinajstić information content (AvgIpc) is 2.47. The number of oxime groups is 1. The lowest BCUT2D eigenvalue weighted by Gasteiger charge is -2.09. The number of anilines is 1. The van der Waals surface area contributed by atoms with Gasteiger partial charge in [0.2, 0.25) is 0 Å². The highest BCUT2D eigenvalue weighted by atomic mass is 19.1. The van der Waals surface area contributed by atoms with Crippen LogP contribution in [0.1, 0.15) is 16.7 Å². The Morgan fingerprint density at radius 3 is 2.85 bits per heavy atom. The molecule has 4 nitrogen and oxygen atoms in total. The summed E-state index contributed by atoms with van der Waals surface area (Å²) in [6.07, 6.45) is 0. The van der Waals surface area contributed by atoms with E-state index in [0.717, 1.165) is 11.1 Å². The Hall–Kier alpha value is -2.56. The molecule has 2 aromatic rings. The van der Waals surface area contributed by atoms with Gasteiger partial charge in [-0.25, -0.2) is 4.39 Å². The van der Waals surface area contributed by atoms with E-state index in [2.05, 4.69) is 10.5 Å². The minimum atomic E-state index is -0.289. The van der Waals surface area contributed by atoms with Crippen LogP contribution in [0.2, 0.25) is 0 Å². The number of nitrogens with zero attached hydrogens (tertiary/aromatic N) is 1. The zero-order valence-corrected chi connectivity index (χ0v) is 11.1. The SMILES string of the molecule is Cc1ccc(F)c(NCc2cccc(C(N)=NO)c2)c1. The normalized spacial score (nSPS) is 11.4. The van der Waals surface area contributed by atoms with Crippen molar-refractivity contribution in [3.05, 3.63) is 65.0 Å². The van der Waals surface area contributed by atoms with E-state index < -0.39 is 0 Å². The summed E-state index contributed by atoms with van der Waals surface area (Å²) in [5.74, 6) is -0.239. The molecule has 0 aliphatic rings. The van der Waals surface area contributed by atoms with Crippen molar-refractivity contribution in [3.63, 3.8) is 0 Å². The van der Waals surface area contributed by atoms with E-state index in [1.807, 2.05) is 13.0 Å². The number of benzene rings is 2. The topological polar surface area (TPSA) is 70.6 Å². The van der Waals surface area contributed by atoms with Gasteiger partial charge in [-0.3, -0.25) is 0 Å². The van der Waals surface area contributed by atoms with Crippen molar-refractivity contribution in [2.45, 2.75) is 13.5 Å². The average molecular weight is 273 g/mol. The molecular weight excluding hydrogens is 257 g/mol. The summed E-state index contributed by atoms with van der Waals surface area (Å²) in [4.78, 5) is 0. The maximum absolute atomic E-state index is 13.6. The minimum absolute atomic E-state index is 0.0496. The molecule has 4 N–H and O–H groups in total. The van der Waals surface area contributed by atoms with E-state index in [1.54, 1.807) is 30.3 Å². The van der Waals surface area contributed by atoms with Crippen LogP contribution in [0.3, 0.4) is 0 Å². The van der Waals surface area contributed by atoms with E-state index in [4.69, 9.17) is 10.9 Å². The van der Waals surface area contributed by atoms with Gasteiger partial charge in [-0.1, -0.05) is 29.4 Å². The molecule has 0 atom stereocenters. The predicted molar refractivity (Wildman–Crippen MR) is 77.4 cm³/mol. The zero-order valence-electron chi connectivity index (χ0n) is 11.1. The van der Waals surface area contributed by atoms with Crippen LogP contribution in [-0.4, -0.2) is 11.0 Å². The van der Waals surface area contributed by atoms with Crippen molar-refractivity contribution < 1.29 is 9.60 Å². The van der Waals surface area contributed by atoms with Crippen molar-refractivity contribution in [1.82, 2.24) is 0 Å². The quantitative estimate of drug-likeness (QED) is 0.347. The highest BCUT2D eigenvalue weighted by Crippen LogP contribution is 2.17. The van der Waals surface area contributed by atoms with Crippen molar-refractivity contribution >= 4 is 11.5 Å². The lowest BCUT2D eigenvalue weighted by atomic mass is 10.1. The molecule has 0 saturated heterocycles. The number of hydrogen-bond acceptors (Lipinski definition) is 3. The fourth-order valence-corrected chi connectivity index (χ4v) is 1.87.